The first-order valence-corrected chi connectivity index (χ1v) is 11.9. The fourth-order valence-corrected chi connectivity index (χ4v) is 6.02. The van der Waals surface area contributed by atoms with Crippen molar-refractivity contribution in [2.75, 3.05) is 25.5 Å². The Hall–Kier alpha value is -1.82. The predicted octanol–water partition coefficient (Wildman–Crippen LogP) is 3.52. The third-order valence-corrected chi connectivity index (χ3v) is 7.40. The van der Waals surface area contributed by atoms with Gasteiger partial charge in [-0.25, -0.2) is 32.1 Å². The van der Waals surface area contributed by atoms with Gasteiger partial charge in [0.25, 0.3) is 0 Å². The number of fused-ring (bicyclic) bond motifs is 1. The quantitative estimate of drug-likeness (QED) is 0.619. The van der Waals surface area contributed by atoms with Crippen molar-refractivity contribution in [2.45, 2.75) is 44.8 Å². The Morgan fingerprint density at radius 1 is 1.40 bits per heavy atom. The van der Waals surface area contributed by atoms with E-state index in [1.807, 2.05) is 0 Å². The molecule has 2 aliphatic heterocycles. The summed E-state index contributed by atoms with van der Waals surface area (Å²) in [5.74, 6) is -1.33. The highest BCUT2D eigenvalue weighted by molar-refractivity contribution is 9.10. The summed E-state index contributed by atoms with van der Waals surface area (Å²) in [7, 11) is -3.21. The number of carbonyl (C=O) groups is 1. The smallest absolute Gasteiger partial charge is 0.414 e. The molecule has 1 N–H and O–H groups in total. The largest absolute Gasteiger partial charge is 0.444 e. The molecule has 0 radical (unpaired) electrons. The second-order valence-electron chi connectivity index (χ2n) is 8.10. The number of ether oxygens (including phenoxy) is 1. The number of carbonyl (C=O) groups excluding carboxylic acids is 1. The molecule has 0 spiro atoms. The highest BCUT2D eigenvalue weighted by Gasteiger charge is 2.48. The summed E-state index contributed by atoms with van der Waals surface area (Å²) in [5.41, 5.74) is -3.00. The van der Waals surface area contributed by atoms with E-state index in [2.05, 4.69) is 35.6 Å². The van der Waals surface area contributed by atoms with Crippen molar-refractivity contribution in [3.63, 3.8) is 0 Å². The molecule has 0 aliphatic carbocycles. The molecule has 2 atom stereocenters. The molecular weight excluding hydrogens is 484 g/mol. The maximum Gasteiger partial charge on any atom is 0.414 e. The van der Waals surface area contributed by atoms with E-state index in [1.54, 1.807) is 20.8 Å². The van der Waals surface area contributed by atoms with Crippen LogP contribution >= 0.6 is 15.9 Å². The van der Waals surface area contributed by atoms with Crippen LogP contribution in [0.3, 0.4) is 0 Å². The molecule has 3 heterocycles. The van der Waals surface area contributed by atoms with Gasteiger partial charge in [-0.15, -0.1) is 0 Å². The molecular formula is C18H24BrF2N5O3S. The van der Waals surface area contributed by atoms with Gasteiger partial charge in [0.1, 0.15) is 38.3 Å². The number of guanidine groups is 1. The predicted molar refractivity (Wildman–Crippen MR) is 113 cm³/mol. The third-order valence-electron chi connectivity index (χ3n) is 4.48. The van der Waals surface area contributed by atoms with Crippen molar-refractivity contribution in [1.82, 2.24) is 14.6 Å². The van der Waals surface area contributed by atoms with Crippen molar-refractivity contribution < 1.29 is 22.5 Å². The molecule has 0 fully saturated rings. The monoisotopic (exact) mass is 507 g/mol. The Labute approximate surface area is 182 Å². The molecule has 1 aromatic heterocycles. The van der Waals surface area contributed by atoms with Crippen molar-refractivity contribution in [3.8, 4) is 0 Å². The number of aromatic nitrogens is 1. The Morgan fingerprint density at radius 2 is 2.13 bits per heavy atom. The molecule has 0 saturated heterocycles. The molecule has 0 saturated carbocycles. The van der Waals surface area contributed by atoms with Gasteiger partial charge < -0.3 is 4.74 Å². The molecule has 12 heteroatoms. The summed E-state index contributed by atoms with van der Waals surface area (Å²) in [6.45, 7) is 4.50. The molecule has 1 amide bonds. The maximum atomic E-state index is 14.7. The van der Waals surface area contributed by atoms with Gasteiger partial charge in [-0.05, 0) is 61.7 Å². The number of hydrogen-bond acceptors (Lipinski definition) is 6. The maximum absolute atomic E-state index is 14.7. The van der Waals surface area contributed by atoms with Crippen molar-refractivity contribution >= 4 is 37.9 Å². The summed E-state index contributed by atoms with van der Waals surface area (Å²) in [4.78, 5) is 20.8. The average molecular weight is 508 g/mol. The van der Waals surface area contributed by atoms with Gasteiger partial charge in [0.2, 0.25) is 5.96 Å². The first-order valence-electron chi connectivity index (χ1n) is 9.45. The van der Waals surface area contributed by atoms with Gasteiger partial charge >= 0.3 is 6.09 Å². The summed E-state index contributed by atoms with van der Waals surface area (Å²) in [5, 5.41) is 2.47. The second-order valence-corrected chi connectivity index (χ2v) is 11.1. The Morgan fingerprint density at radius 3 is 2.80 bits per heavy atom. The third kappa shape index (κ3) is 4.74. The summed E-state index contributed by atoms with van der Waals surface area (Å²) in [6, 6.07) is 2.50. The van der Waals surface area contributed by atoms with Crippen LogP contribution in [0.1, 0.15) is 39.3 Å². The molecule has 0 bridgehead atoms. The molecule has 30 heavy (non-hydrogen) atoms. The molecule has 0 aromatic carbocycles. The lowest BCUT2D eigenvalue weighted by atomic mass is 9.99. The molecule has 166 valence electrons. The minimum Gasteiger partial charge on any atom is -0.444 e. The Balaban J connectivity index is 2.15. The van der Waals surface area contributed by atoms with Crippen LogP contribution < -0.4 is 5.32 Å². The number of aliphatic imine (C=N–C) groups is 1. The second kappa shape index (κ2) is 8.37. The van der Waals surface area contributed by atoms with Crippen molar-refractivity contribution in [1.29, 1.82) is 0 Å². The standard InChI is InChI=1S/C18H24BrF2N5O3S/c1-17(2,3)29-16(27)24-15-25-18(10-20,14-12(21)6-7-13(19)23-14)11-30(28)22-8-4-5-9-26(15)30/h6-7H,4-5,8-11H2,1-3H3,(H,24,25,27)/t18-,30?/m0/s1. The zero-order chi connectivity index (χ0) is 22.2. The van der Waals surface area contributed by atoms with E-state index in [0.717, 1.165) is 6.07 Å². The number of alkyl carbamates (subject to hydrolysis) is 1. The molecule has 2 aliphatic rings. The van der Waals surface area contributed by atoms with Gasteiger partial charge in [0.05, 0.1) is 12.3 Å². The van der Waals surface area contributed by atoms with E-state index in [0.29, 0.717) is 25.9 Å². The molecule has 1 aromatic rings. The normalized spacial score (nSPS) is 26.7. The van der Waals surface area contributed by atoms with Gasteiger partial charge in [-0.3, -0.25) is 9.62 Å². The molecule has 3 rings (SSSR count). The zero-order valence-corrected chi connectivity index (χ0v) is 19.4. The SMILES string of the molecule is CC(C)(C)OC(=O)NC1=N[C@](CF)(c2nc(Br)ccc2F)CS2(=O)=NCCCCN12. The fraction of sp³-hybridized carbons (Fsp3) is 0.611. The number of pyridine rings is 1. The Bertz CT molecular complexity index is 991. The number of nitrogens with zero attached hydrogens (tertiary/aromatic N) is 4. The number of rotatable bonds is 2. The van der Waals surface area contributed by atoms with Crippen LogP contribution in [0.5, 0.6) is 0 Å². The van der Waals surface area contributed by atoms with E-state index in [1.165, 1.54) is 10.4 Å². The van der Waals surface area contributed by atoms with Crippen LogP contribution in [0, 0.1) is 5.82 Å². The minimum absolute atomic E-state index is 0.162. The topological polar surface area (TPSA) is 96.2 Å². The van der Waals surface area contributed by atoms with Gasteiger partial charge in [0.15, 0.2) is 5.54 Å². The minimum atomic E-state index is -3.21. The van der Waals surface area contributed by atoms with Crippen LogP contribution in [0.25, 0.3) is 0 Å². The van der Waals surface area contributed by atoms with Crippen molar-refractivity contribution in [2.24, 2.45) is 9.36 Å². The van der Waals surface area contributed by atoms with E-state index >= 15 is 0 Å². The summed E-state index contributed by atoms with van der Waals surface area (Å²) < 4.78 is 54.1. The lowest BCUT2D eigenvalue weighted by Gasteiger charge is -2.39. The number of halogens is 3. The number of alkyl halides is 1. The fourth-order valence-electron chi connectivity index (χ4n) is 3.24. The lowest BCUT2D eigenvalue weighted by Crippen LogP contribution is -2.57. The van der Waals surface area contributed by atoms with Crippen LogP contribution in [0.15, 0.2) is 26.1 Å². The van der Waals surface area contributed by atoms with E-state index in [9.17, 15) is 17.8 Å². The molecule has 1 unspecified atom stereocenters. The first kappa shape index (κ1) is 22.9. The van der Waals surface area contributed by atoms with E-state index in [-0.39, 0.29) is 22.0 Å². The first-order chi connectivity index (χ1) is 14.0. The summed E-state index contributed by atoms with van der Waals surface area (Å²) in [6.07, 6.45) is 0.491. The van der Waals surface area contributed by atoms with Crippen LogP contribution in [-0.4, -0.2) is 56.7 Å². The van der Waals surface area contributed by atoms with E-state index in [4.69, 9.17) is 4.74 Å². The van der Waals surface area contributed by atoms with E-state index < -0.39 is 39.6 Å². The zero-order valence-electron chi connectivity index (χ0n) is 17.0. The lowest BCUT2D eigenvalue weighted by molar-refractivity contribution is 0.0558. The van der Waals surface area contributed by atoms with Gasteiger partial charge in [-0.1, -0.05) is 0 Å². The summed E-state index contributed by atoms with van der Waals surface area (Å²) >= 11 is 3.16. The number of amides is 1. The van der Waals surface area contributed by atoms with Gasteiger partial charge in [-0.2, -0.15) is 0 Å². The van der Waals surface area contributed by atoms with Crippen LogP contribution in [0.4, 0.5) is 13.6 Å². The van der Waals surface area contributed by atoms with Crippen molar-refractivity contribution in [3.05, 3.63) is 28.2 Å². The highest BCUT2D eigenvalue weighted by atomic mass is 79.9. The van der Waals surface area contributed by atoms with Gasteiger partial charge in [0, 0.05) is 6.54 Å². The van der Waals surface area contributed by atoms with Crippen LogP contribution in [-0.2, 0) is 20.2 Å². The number of hydrogen-bond donors (Lipinski definition) is 1. The number of nitrogens with one attached hydrogen (secondary N) is 1. The Kier molecular flexibility index (Phi) is 6.38. The van der Waals surface area contributed by atoms with Crippen LogP contribution in [0.2, 0.25) is 0 Å². The molecule has 8 nitrogen and oxygen atoms in total. The average Bonchev–Trinajstić information content (AvgIpc) is 2.83. The highest BCUT2D eigenvalue weighted by Crippen LogP contribution is 2.36.